The van der Waals surface area contributed by atoms with Crippen molar-refractivity contribution in [3.05, 3.63) is 60.2 Å². The first kappa shape index (κ1) is 21.6. The van der Waals surface area contributed by atoms with Crippen molar-refractivity contribution in [2.45, 2.75) is 6.42 Å². The van der Waals surface area contributed by atoms with Crippen molar-refractivity contribution in [2.75, 3.05) is 58.0 Å². The van der Waals surface area contributed by atoms with Gasteiger partial charge in [0.1, 0.15) is 12.4 Å². The number of nitrogens with zero attached hydrogens (tertiary/aromatic N) is 1. The summed E-state index contributed by atoms with van der Waals surface area (Å²) < 4.78 is 22.9. The van der Waals surface area contributed by atoms with Crippen molar-refractivity contribution < 1.29 is 23.7 Å². The lowest BCUT2D eigenvalue weighted by Gasteiger charge is -2.26. The van der Waals surface area contributed by atoms with Gasteiger partial charge in [-0.05, 0) is 30.3 Å². The van der Waals surface area contributed by atoms with Crippen molar-refractivity contribution in [1.82, 2.24) is 4.90 Å². The van der Waals surface area contributed by atoms with E-state index >= 15 is 0 Å². The zero-order chi connectivity index (χ0) is 22.5. The fourth-order valence-electron chi connectivity index (χ4n) is 4.11. The standard InChI is InChI=1S/C26H28N2O5/c29-26(19-6-8-24-25(18-19)32-14-3-13-31-24)27-22-7-9-23(21-5-2-1-4-20(21)22)33-17-12-28-10-15-30-16-11-28/h1-2,4-9,18H,3,10-17H2,(H,27,29). The molecule has 2 heterocycles. The van der Waals surface area contributed by atoms with E-state index in [0.717, 1.165) is 61.5 Å². The van der Waals surface area contributed by atoms with E-state index in [-0.39, 0.29) is 5.91 Å². The molecule has 1 fully saturated rings. The van der Waals surface area contributed by atoms with Gasteiger partial charge in [0.15, 0.2) is 11.5 Å². The van der Waals surface area contributed by atoms with Crippen LogP contribution in [0.4, 0.5) is 5.69 Å². The lowest BCUT2D eigenvalue weighted by atomic mass is 10.1. The molecule has 0 spiro atoms. The monoisotopic (exact) mass is 448 g/mol. The normalized spacial score (nSPS) is 16.2. The Bertz CT molecular complexity index is 1130. The van der Waals surface area contributed by atoms with Crippen LogP contribution in [0, 0.1) is 0 Å². The van der Waals surface area contributed by atoms with E-state index in [4.69, 9.17) is 18.9 Å². The quantitative estimate of drug-likeness (QED) is 0.616. The highest BCUT2D eigenvalue weighted by Gasteiger charge is 2.16. The SMILES string of the molecule is O=C(Nc1ccc(OCCN2CCOCC2)c2ccccc12)c1ccc2c(c1)OCCCO2. The number of rotatable bonds is 6. The second kappa shape index (κ2) is 10.1. The van der Waals surface area contributed by atoms with E-state index in [0.29, 0.717) is 36.9 Å². The number of benzene rings is 3. The summed E-state index contributed by atoms with van der Waals surface area (Å²) in [7, 11) is 0. The first-order valence-corrected chi connectivity index (χ1v) is 11.4. The molecular weight excluding hydrogens is 420 g/mol. The van der Waals surface area contributed by atoms with Gasteiger partial charge < -0.3 is 24.3 Å². The highest BCUT2D eigenvalue weighted by molar-refractivity contribution is 6.10. The Morgan fingerprint density at radius 3 is 2.55 bits per heavy atom. The van der Waals surface area contributed by atoms with Crippen molar-refractivity contribution in [3.8, 4) is 17.2 Å². The van der Waals surface area contributed by atoms with Gasteiger partial charge in [-0.15, -0.1) is 0 Å². The maximum Gasteiger partial charge on any atom is 0.255 e. The molecule has 0 aromatic heterocycles. The van der Waals surface area contributed by atoms with Crippen LogP contribution in [0.5, 0.6) is 17.2 Å². The maximum absolute atomic E-state index is 13.0. The second-order valence-electron chi connectivity index (χ2n) is 8.13. The summed E-state index contributed by atoms with van der Waals surface area (Å²) in [4.78, 5) is 15.3. The summed E-state index contributed by atoms with van der Waals surface area (Å²) in [5.41, 5.74) is 1.26. The van der Waals surface area contributed by atoms with Crippen LogP contribution < -0.4 is 19.5 Å². The Kier molecular flexibility index (Phi) is 6.60. The van der Waals surface area contributed by atoms with Gasteiger partial charge in [0.2, 0.25) is 0 Å². The summed E-state index contributed by atoms with van der Waals surface area (Å²) in [5.74, 6) is 1.89. The van der Waals surface area contributed by atoms with Gasteiger partial charge in [-0.3, -0.25) is 9.69 Å². The molecule has 0 atom stereocenters. The molecule has 172 valence electrons. The van der Waals surface area contributed by atoms with Gasteiger partial charge in [0.05, 0.1) is 26.4 Å². The van der Waals surface area contributed by atoms with Gasteiger partial charge in [-0.1, -0.05) is 24.3 Å². The molecule has 33 heavy (non-hydrogen) atoms. The van der Waals surface area contributed by atoms with Gasteiger partial charge in [-0.25, -0.2) is 0 Å². The van der Waals surface area contributed by atoms with E-state index in [1.54, 1.807) is 18.2 Å². The third-order valence-corrected chi connectivity index (χ3v) is 5.91. The van der Waals surface area contributed by atoms with Gasteiger partial charge in [0.25, 0.3) is 5.91 Å². The Hall–Kier alpha value is -3.29. The summed E-state index contributed by atoms with van der Waals surface area (Å²) in [5, 5.41) is 4.95. The minimum atomic E-state index is -0.197. The van der Waals surface area contributed by atoms with Crippen molar-refractivity contribution >= 4 is 22.4 Å². The van der Waals surface area contributed by atoms with Gasteiger partial charge >= 0.3 is 0 Å². The van der Waals surface area contributed by atoms with Crippen LogP contribution >= 0.6 is 0 Å². The number of carbonyl (C=O) groups is 1. The largest absolute Gasteiger partial charge is 0.492 e. The van der Waals surface area contributed by atoms with Crippen LogP contribution in [-0.4, -0.2) is 63.5 Å². The molecule has 0 bridgehead atoms. The van der Waals surface area contributed by atoms with E-state index in [1.165, 1.54) is 0 Å². The highest BCUT2D eigenvalue weighted by atomic mass is 16.5. The number of hydrogen-bond donors (Lipinski definition) is 1. The molecule has 1 N–H and O–H groups in total. The molecule has 1 saturated heterocycles. The number of fused-ring (bicyclic) bond motifs is 2. The zero-order valence-corrected chi connectivity index (χ0v) is 18.5. The van der Waals surface area contributed by atoms with Crippen LogP contribution in [0.25, 0.3) is 10.8 Å². The van der Waals surface area contributed by atoms with Crippen LogP contribution in [0.1, 0.15) is 16.8 Å². The van der Waals surface area contributed by atoms with Crippen molar-refractivity contribution in [1.29, 1.82) is 0 Å². The first-order valence-electron chi connectivity index (χ1n) is 11.4. The molecule has 2 aliphatic rings. The van der Waals surface area contributed by atoms with Crippen LogP contribution in [0.2, 0.25) is 0 Å². The lowest BCUT2D eigenvalue weighted by Crippen LogP contribution is -2.38. The molecule has 0 unspecified atom stereocenters. The molecule has 0 aliphatic carbocycles. The van der Waals surface area contributed by atoms with E-state index in [2.05, 4.69) is 10.2 Å². The molecule has 2 aliphatic heterocycles. The maximum atomic E-state index is 13.0. The van der Waals surface area contributed by atoms with Crippen LogP contribution in [0.15, 0.2) is 54.6 Å². The molecule has 0 saturated carbocycles. The van der Waals surface area contributed by atoms with Gasteiger partial charge in [0, 0.05) is 48.1 Å². The van der Waals surface area contributed by atoms with Crippen molar-refractivity contribution in [3.63, 3.8) is 0 Å². The van der Waals surface area contributed by atoms with Gasteiger partial charge in [-0.2, -0.15) is 0 Å². The summed E-state index contributed by atoms with van der Waals surface area (Å²) in [6.45, 7) is 6.10. The topological polar surface area (TPSA) is 69.3 Å². The molecule has 7 nitrogen and oxygen atoms in total. The number of morpholine rings is 1. The third kappa shape index (κ3) is 5.05. The first-order chi connectivity index (χ1) is 16.3. The average molecular weight is 449 g/mol. The number of carbonyl (C=O) groups excluding carboxylic acids is 1. The van der Waals surface area contributed by atoms with E-state index in [1.807, 2.05) is 36.4 Å². The lowest BCUT2D eigenvalue weighted by molar-refractivity contribution is 0.0323. The minimum absolute atomic E-state index is 0.197. The molecule has 1 amide bonds. The molecular formula is C26H28N2O5. The summed E-state index contributed by atoms with van der Waals surface area (Å²) in [6, 6.07) is 17.1. The van der Waals surface area contributed by atoms with E-state index < -0.39 is 0 Å². The summed E-state index contributed by atoms with van der Waals surface area (Å²) >= 11 is 0. The smallest absolute Gasteiger partial charge is 0.255 e. The Morgan fingerprint density at radius 1 is 0.909 bits per heavy atom. The zero-order valence-electron chi connectivity index (χ0n) is 18.5. The highest BCUT2D eigenvalue weighted by Crippen LogP contribution is 2.33. The molecule has 3 aromatic rings. The molecule has 7 heteroatoms. The molecule has 3 aromatic carbocycles. The van der Waals surface area contributed by atoms with Crippen LogP contribution in [-0.2, 0) is 4.74 Å². The number of ether oxygens (including phenoxy) is 4. The third-order valence-electron chi connectivity index (χ3n) is 5.91. The second-order valence-corrected chi connectivity index (χ2v) is 8.13. The number of hydrogen-bond acceptors (Lipinski definition) is 6. The Morgan fingerprint density at radius 2 is 1.70 bits per heavy atom. The Labute approximate surface area is 193 Å². The van der Waals surface area contributed by atoms with E-state index in [9.17, 15) is 4.79 Å². The fourth-order valence-corrected chi connectivity index (χ4v) is 4.11. The van der Waals surface area contributed by atoms with Crippen LogP contribution in [0.3, 0.4) is 0 Å². The average Bonchev–Trinajstić information content (AvgIpc) is 3.11. The molecule has 5 rings (SSSR count). The van der Waals surface area contributed by atoms with Crippen molar-refractivity contribution in [2.24, 2.45) is 0 Å². The predicted octanol–water partition coefficient (Wildman–Crippen LogP) is 3.96. The fraction of sp³-hybridized carbons (Fsp3) is 0.346. The minimum Gasteiger partial charge on any atom is -0.492 e. The number of anilines is 1. The number of nitrogens with one attached hydrogen (secondary N) is 1. The molecule has 0 radical (unpaired) electrons. The summed E-state index contributed by atoms with van der Waals surface area (Å²) in [6.07, 6.45) is 0.822. The number of amides is 1. The predicted molar refractivity (Wildman–Crippen MR) is 127 cm³/mol. The Balaban J connectivity index is 1.31.